The zero-order chi connectivity index (χ0) is 19.2. The van der Waals surface area contributed by atoms with E-state index in [-0.39, 0.29) is 0 Å². The molecular formula is C20H16Cl3N3O. The van der Waals surface area contributed by atoms with Crippen LogP contribution in [-0.2, 0) is 10.3 Å². The van der Waals surface area contributed by atoms with Crippen molar-refractivity contribution in [2.24, 2.45) is 0 Å². The lowest BCUT2D eigenvalue weighted by Gasteiger charge is -2.15. The Labute approximate surface area is 171 Å². The Hall–Kier alpha value is -2.01. The van der Waals surface area contributed by atoms with Crippen molar-refractivity contribution in [2.45, 2.75) is 24.2 Å². The molecule has 0 radical (unpaired) electrons. The van der Waals surface area contributed by atoms with Gasteiger partial charge in [0.1, 0.15) is 5.76 Å². The second-order valence-corrected chi connectivity index (χ2v) is 8.69. The molecule has 0 N–H and O–H groups in total. The number of imidazole rings is 1. The number of aryl methyl sites for hydroxylation is 2. The first-order valence-electron chi connectivity index (χ1n) is 8.39. The number of alkyl halides is 3. The smallest absolute Gasteiger partial charge is 0.248 e. The third kappa shape index (κ3) is 3.45. The van der Waals surface area contributed by atoms with Crippen LogP contribution in [0.1, 0.15) is 22.8 Å². The number of benzene rings is 2. The molecule has 0 saturated carbocycles. The molecule has 2 aromatic carbocycles. The maximum atomic E-state index is 6.21. The summed E-state index contributed by atoms with van der Waals surface area (Å²) in [5, 5.41) is 4.05. The van der Waals surface area contributed by atoms with Gasteiger partial charge in [0, 0.05) is 12.1 Å². The van der Waals surface area contributed by atoms with E-state index in [4.69, 9.17) is 39.3 Å². The van der Waals surface area contributed by atoms with Crippen LogP contribution in [0.3, 0.4) is 0 Å². The highest BCUT2D eigenvalue weighted by atomic mass is 35.6. The van der Waals surface area contributed by atoms with Gasteiger partial charge in [-0.05, 0) is 37.1 Å². The first-order valence-corrected chi connectivity index (χ1v) is 9.52. The van der Waals surface area contributed by atoms with Gasteiger partial charge in [-0.3, -0.25) is 0 Å². The van der Waals surface area contributed by atoms with Crippen molar-refractivity contribution in [3.05, 3.63) is 71.4 Å². The maximum absolute atomic E-state index is 6.21. The average Bonchev–Trinajstić information content (AvgIpc) is 3.15. The molecule has 0 aliphatic rings. The summed E-state index contributed by atoms with van der Waals surface area (Å²) in [5.74, 6) is 1.16. The van der Waals surface area contributed by atoms with E-state index in [9.17, 15) is 0 Å². The highest BCUT2D eigenvalue weighted by molar-refractivity contribution is 6.66. The highest BCUT2D eigenvalue weighted by Gasteiger charge is 2.30. The molecule has 0 unspecified atom stereocenters. The van der Waals surface area contributed by atoms with Gasteiger partial charge in [-0.1, -0.05) is 76.4 Å². The minimum absolute atomic E-state index is 0.391. The van der Waals surface area contributed by atoms with E-state index in [2.05, 4.69) is 10.1 Å². The second kappa shape index (κ2) is 6.86. The van der Waals surface area contributed by atoms with Gasteiger partial charge in [-0.2, -0.15) is 0 Å². The van der Waals surface area contributed by atoms with E-state index >= 15 is 0 Å². The first kappa shape index (κ1) is 18.4. The fourth-order valence-electron chi connectivity index (χ4n) is 3.32. The standard InChI is InChI=1S/C20H16Cl3N3O/c1-12-18(13(2)27-25-12)15-8-9-16-17(10-15)26(19(24-16)20(21,22)23)11-14-6-4-3-5-7-14/h3-10H,11H2,1-2H3. The normalized spacial score (nSPS) is 12.0. The Balaban J connectivity index is 1.93. The lowest BCUT2D eigenvalue weighted by atomic mass is 10.0. The Morgan fingerprint density at radius 1 is 1.04 bits per heavy atom. The van der Waals surface area contributed by atoms with E-state index in [1.165, 1.54) is 0 Å². The lowest BCUT2D eigenvalue weighted by molar-refractivity contribution is 0.393. The zero-order valence-electron chi connectivity index (χ0n) is 14.7. The Morgan fingerprint density at radius 3 is 2.41 bits per heavy atom. The summed E-state index contributed by atoms with van der Waals surface area (Å²) >= 11 is 18.6. The number of hydrogen-bond donors (Lipinski definition) is 0. The molecule has 0 aliphatic carbocycles. The Morgan fingerprint density at radius 2 is 1.78 bits per heavy atom. The van der Waals surface area contributed by atoms with Crippen molar-refractivity contribution < 1.29 is 4.52 Å². The molecule has 4 rings (SSSR count). The largest absolute Gasteiger partial charge is 0.361 e. The quantitative estimate of drug-likeness (QED) is 0.371. The number of fused-ring (bicyclic) bond motifs is 1. The number of hydrogen-bond acceptors (Lipinski definition) is 3. The van der Waals surface area contributed by atoms with E-state index in [1.807, 2.05) is 66.9 Å². The Bertz CT molecular complexity index is 1090. The summed E-state index contributed by atoms with van der Waals surface area (Å²) in [5.41, 5.74) is 5.54. The van der Waals surface area contributed by atoms with Gasteiger partial charge in [0.15, 0.2) is 5.82 Å². The molecular weight excluding hydrogens is 405 g/mol. The SMILES string of the molecule is Cc1noc(C)c1-c1ccc2nc(C(Cl)(Cl)Cl)n(Cc3ccccc3)c2c1. The average molecular weight is 421 g/mol. The molecule has 4 nitrogen and oxygen atoms in total. The van der Waals surface area contributed by atoms with Crippen molar-refractivity contribution in [1.82, 2.24) is 14.7 Å². The van der Waals surface area contributed by atoms with Crippen molar-refractivity contribution in [3.63, 3.8) is 0 Å². The molecule has 27 heavy (non-hydrogen) atoms. The van der Waals surface area contributed by atoms with Crippen LogP contribution in [-0.4, -0.2) is 14.7 Å². The predicted molar refractivity (Wildman–Crippen MR) is 109 cm³/mol. The highest BCUT2D eigenvalue weighted by Crippen LogP contribution is 2.40. The van der Waals surface area contributed by atoms with Gasteiger partial charge >= 0.3 is 0 Å². The number of nitrogens with zero attached hydrogens (tertiary/aromatic N) is 3. The second-order valence-electron chi connectivity index (χ2n) is 6.41. The third-order valence-electron chi connectivity index (χ3n) is 4.51. The molecule has 0 fully saturated rings. The molecule has 0 bridgehead atoms. The van der Waals surface area contributed by atoms with Crippen molar-refractivity contribution in [3.8, 4) is 11.1 Å². The Kier molecular flexibility index (Phi) is 4.66. The number of rotatable bonds is 3. The van der Waals surface area contributed by atoms with Gasteiger partial charge in [-0.25, -0.2) is 4.98 Å². The summed E-state index contributed by atoms with van der Waals surface area (Å²) in [4.78, 5) is 4.58. The van der Waals surface area contributed by atoms with Gasteiger partial charge in [-0.15, -0.1) is 0 Å². The van der Waals surface area contributed by atoms with E-state index in [1.54, 1.807) is 0 Å². The van der Waals surface area contributed by atoms with Crippen LogP contribution in [0.2, 0.25) is 0 Å². The summed E-state index contributed by atoms with van der Waals surface area (Å²) in [6, 6.07) is 16.0. The molecule has 4 aromatic rings. The van der Waals surface area contributed by atoms with Crippen LogP contribution < -0.4 is 0 Å². The topological polar surface area (TPSA) is 43.9 Å². The monoisotopic (exact) mass is 419 g/mol. The van der Waals surface area contributed by atoms with Crippen LogP contribution in [0.15, 0.2) is 53.1 Å². The first-order chi connectivity index (χ1) is 12.8. The fraction of sp³-hybridized carbons (Fsp3) is 0.200. The van der Waals surface area contributed by atoms with Crippen LogP contribution in [0.25, 0.3) is 22.2 Å². The van der Waals surface area contributed by atoms with Crippen LogP contribution in [0.4, 0.5) is 0 Å². The predicted octanol–water partition coefficient (Wildman–Crippen LogP) is 6.18. The van der Waals surface area contributed by atoms with Gasteiger partial charge in [0.05, 0.1) is 16.7 Å². The van der Waals surface area contributed by atoms with E-state index in [0.29, 0.717) is 12.4 Å². The molecule has 138 valence electrons. The molecule has 0 saturated heterocycles. The molecule has 2 aromatic heterocycles. The van der Waals surface area contributed by atoms with E-state index < -0.39 is 3.79 Å². The molecule has 7 heteroatoms. The zero-order valence-corrected chi connectivity index (χ0v) is 17.0. The third-order valence-corrected chi connectivity index (χ3v) is 5.01. The van der Waals surface area contributed by atoms with Gasteiger partial charge in [0.2, 0.25) is 3.79 Å². The summed E-state index contributed by atoms with van der Waals surface area (Å²) in [6.07, 6.45) is 0. The summed E-state index contributed by atoms with van der Waals surface area (Å²) in [7, 11) is 0. The van der Waals surface area contributed by atoms with Crippen LogP contribution in [0.5, 0.6) is 0 Å². The van der Waals surface area contributed by atoms with Crippen molar-refractivity contribution in [2.75, 3.05) is 0 Å². The van der Waals surface area contributed by atoms with Crippen molar-refractivity contribution in [1.29, 1.82) is 0 Å². The summed E-state index contributed by atoms with van der Waals surface area (Å²) in [6.45, 7) is 4.36. The van der Waals surface area contributed by atoms with Crippen LogP contribution in [0, 0.1) is 13.8 Å². The molecule has 0 spiro atoms. The van der Waals surface area contributed by atoms with Gasteiger partial charge < -0.3 is 9.09 Å². The molecule has 0 atom stereocenters. The van der Waals surface area contributed by atoms with Crippen LogP contribution >= 0.6 is 34.8 Å². The summed E-state index contributed by atoms with van der Waals surface area (Å²) < 4.78 is 5.63. The number of halogens is 3. The molecule has 0 amide bonds. The number of aromatic nitrogens is 3. The van der Waals surface area contributed by atoms with Gasteiger partial charge in [0.25, 0.3) is 0 Å². The fourth-order valence-corrected chi connectivity index (χ4v) is 3.75. The lowest BCUT2D eigenvalue weighted by Crippen LogP contribution is -2.12. The maximum Gasteiger partial charge on any atom is 0.248 e. The minimum Gasteiger partial charge on any atom is -0.361 e. The van der Waals surface area contributed by atoms with E-state index in [0.717, 1.165) is 39.2 Å². The van der Waals surface area contributed by atoms with Crippen molar-refractivity contribution >= 4 is 45.8 Å². The molecule has 0 aliphatic heterocycles. The minimum atomic E-state index is -1.63. The molecule has 2 heterocycles.